The van der Waals surface area contributed by atoms with Gasteiger partial charge in [-0.25, -0.2) is 18.4 Å². The predicted molar refractivity (Wildman–Crippen MR) is 122 cm³/mol. The zero-order chi connectivity index (χ0) is 24.8. The van der Waals surface area contributed by atoms with Crippen molar-refractivity contribution >= 4 is 18.0 Å². The number of amides is 2. The monoisotopic (exact) mass is 474 g/mol. The molecule has 1 aliphatic rings. The summed E-state index contributed by atoms with van der Waals surface area (Å²) >= 11 is 0. The SMILES string of the molecule is CC[C@H](C)[C@H](NC(=O)CC(NC(=O)OCC1c2ccccc2-c2ccccc21)C(F)F)C(=O)O. The highest BCUT2D eigenvalue weighted by Gasteiger charge is 2.32. The average molecular weight is 475 g/mol. The zero-order valence-corrected chi connectivity index (χ0v) is 19.0. The minimum Gasteiger partial charge on any atom is -0.480 e. The summed E-state index contributed by atoms with van der Waals surface area (Å²) in [5.41, 5.74) is 4.02. The summed E-state index contributed by atoms with van der Waals surface area (Å²) < 4.78 is 32.3. The maximum absolute atomic E-state index is 13.5. The van der Waals surface area contributed by atoms with Crippen LogP contribution in [-0.2, 0) is 14.3 Å². The number of aliphatic carboxylic acids is 1. The molecule has 3 atom stereocenters. The summed E-state index contributed by atoms with van der Waals surface area (Å²) in [6, 6.07) is 12.4. The Morgan fingerprint density at radius 2 is 1.56 bits per heavy atom. The van der Waals surface area contributed by atoms with Gasteiger partial charge in [0.2, 0.25) is 5.91 Å². The lowest BCUT2D eigenvalue weighted by Gasteiger charge is -2.22. The highest BCUT2D eigenvalue weighted by Crippen LogP contribution is 2.44. The van der Waals surface area contributed by atoms with E-state index in [0.717, 1.165) is 22.3 Å². The smallest absolute Gasteiger partial charge is 0.407 e. The predicted octanol–water partition coefficient (Wildman–Crippen LogP) is 4.16. The molecule has 0 bridgehead atoms. The zero-order valence-electron chi connectivity index (χ0n) is 19.0. The summed E-state index contributed by atoms with van der Waals surface area (Å²) in [5, 5.41) is 13.6. The van der Waals surface area contributed by atoms with Crippen LogP contribution in [0.25, 0.3) is 11.1 Å². The van der Waals surface area contributed by atoms with Gasteiger partial charge in [-0.1, -0.05) is 68.8 Å². The molecular formula is C25H28F2N2O5. The van der Waals surface area contributed by atoms with E-state index >= 15 is 0 Å². The van der Waals surface area contributed by atoms with E-state index < -0.39 is 42.9 Å². The molecule has 0 heterocycles. The summed E-state index contributed by atoms with van der Waals surface area (Å²) in [4.78, 5) is 35.9. The van der Waals surface area contributed by atoms with E-state index in [9.17, 15) is 28.3 Å². The number of ether oxygens (including phenoxy) is 1. The maximum Gasteiger partial charge on any atom is 0.407 e. The molecule has 1 unspecified atom stereocenters. The van der Waals surface area contributed by atoms with E-state index in [1.807, 2.05) is 53.8 Å². The fourth-order valence-corrected chi connectivity index (χ4v) is 4.11. The van der Waals surface area contributed by atoms with Crippen LogP contribution in [0.2, 0.25) is 0 Å². The van der Waals surface area contributed by atoms with E-state index in [1.165, 1.54) is 0 Å². The van der Waals surface area contributed by atoms with Crippen molar-refractivity contribution in [3.63, 3.8) is 0 Å². The third kappa shape index (κ3) is 5.70. The van der Waals surface area contributed by atoms with E-state index in [0.29, 0.717) is 6.42 Å². The van der Waals surface area contributed by atoms with Crippen LogP contribution in [0.3, 0.4) is 0 Å². The molecule has 9 heteroatoms. The second kappa shape index (κ2) is 11.1. The second-order valence-electron chi connectivity index (χ2n) is 8.38. The molecule has 0 fully saturated rings. The normalized spacial score (nSPS) is 15.1. The summed E-state index contributed by atoms with van der Waals surface area (Å²) in [6.45, 7) is 3.34. The number of hydrogen-bond donors (Lipinski definition) is 3. The molecule has 3 rings (SSSR count). The third-order valence-corrected chi connectivity index (χ3v) is 6.15. The number of hydrogen-bond acceptors (Lipinski definition) is 4. The molecule has 2 aromatic carbocycles. The van der Waals surface area contributed by atoms with Crippen molar-refractivity contribution in [3.05, 3.63) is 59.7 Å². The minimum atomic E-state index is -3.04. The van der Waals surface area contributed by atoms with Crippen LogP contribution in [-0.4, -0.2) is 48.2 Å². The van der Waals surface area contributed by atoms with Gasteiger partial charge < -0.3 is 20.5 Å². The van der Waals surface area contributed by atoms with Crippen LogP contribution in [0.5, 0.6) is 0 Å². The molecule has 7 nitrogen and oxygen atoms in total. The first kappa shape index (κ1) is 25.1. The number of halogens is 2. The average Bonchev–Trinajstić information content (AvgIpc) is 3.13. The number of carboxylic acid groups (broad SMARTS) is 1. The van der Waals surface area contributed by atoms with E-state index in [4.69, 9.17) is 4.74 Å². The van der Waals surface area contributed by atoms with Crippen molar-refractivity contribution in [1.82, 2.24) is 10.6 Å². The van der Waals surface area contributed by atoms with Crippen molar-refractivity contribution in [2.45, 2.75) is 51.1 Å². The lowest BCUT2D eigenvalue weighted by atomic mass is 9.98. The van der Waals surface area contributed by atoms with Crippen LogP contribution >= 0.6 is 0 Å². The van der Waals surface area contributed by atoms with Gasteiger partial charge in [-0.2, -0.15) is 0 Å². The van der Waals surface area contributed by atoms with Crippen LogP contribution in [0.1, 0.15) is 43.7 Å². The van der Waals surface area contributed by atoms with Gasteiger partial charge in [-0.3, -0.25) is 4.79 Å². The Labute approximate surface area is 196 Å². The largest absolute Gasteiger partial charge is 0.480 e. The molecule has 0 aromatic heterocycles. The standard InChI is InChI=1S/C25H28F2N2O5/c1-3-14(2)22(24(31)32)29-21(30)12-20(23(26)27)28-25(33)34-13-19-17-10-6-4-8-15(17)16-9-5-7-11-18(16)19/h4-11,14,19-20,22-23H,3,12-13H2,1-2H3,(H,28,33)(H,29,30)(H,31,32)/t14-,20?,22-/m0/s1. The number of carbonyl (C=O) groups excluding carboxylic acids is 2. The quantitative estimate of drug-likeness (QED) is 0.480. The molecule has 0 aliphatic heterocycles. The Morgan fingerprint density at radius 1 is 1.00 bits per heavy atom. The Morgan fingerprint density at radius 3 is 2.06 bits per heavy atom. The first-order valence-electron chi connectivity index (χ1n) is 11.1. The molecule has 3 N–H and O–H groups in total. The fraction of sp³-hybridized carbons (Fsp3) is 0.400. The highest BCUT2D eigenvalue weighted by molar-refractivity contribution is 5.84. The molecule has 0 saturated carbocycles. The molecule has 0 saturated heterocycles. The summed E-state index contributed by atoms with van der Waals surface area (Å²) in [6.07, 6.45) is -4.41. The van der Waals surface area contributed by atoms with Gasteiger partial charge >= 0.3 is 12.1 Å². The molecule has 2 aromatic rings. The first-order valence-corrected chi connectivity index (χ1v) is 11.1. The van der Waals surface area contributed by atoms with E-state index in [2.05, 4.69) is 5.32 Å². The van der Waals surface area contributed by atoms with E-state index in [1.54, 1.807) is 13.8 Å². The Hall–Kier alpha value is -3.49. The Balaban J connectivity index is 1.60. The lowest BCUT2D eigenvalue weighted by Crippen LogP contribution is -2.49. The molecule has 2 amide bonds. The van der Waals surface area contributed by atoms with Gasteiger partial charge in [0.25, 0.3) is 6.43 Å². The maximum atomic E-state index is 13.5. The van der Waals surface area contributed by atoms with Crippen LogP contribution in [0.4, 0.5) is 13.6 Å². The number of fused-ring (bicyclic) bond motifs is 3. The number of carboxylic acids is 1. The molecule has 34 heavy (non-hydrogen) atoms. The number of nitrogens with one attached hydrogen (secondary N) is 2. The summed E-state index contributed by atoms with van der Waals surface area (Å²) in [5.74, 6) is -2.77. The van der Waals surface area contributed by atoms with Gasteiger partial charge in [-0.15, -0.1) is 0 Å². The van der Waals surface area contributed by atoms with Crippen molar-refractivity contribution in [2.24, 2.45) is 5.92 Å². The number of rotatable bonds is 10. The number of alkyl halides is 2. The van der Waals surface area contributed by atoms with Gasteiger partial charge in [0.15, 0.2) is 0 Å². The third-order valence-electron chi connectivity index (χ3n) is 6.15. The van der Waals surface area contributed by atoms with Crippen molar-refractivity contribution in [2.75, 3.05) is 6.61 Å². The molecule has 1 aliphatic carbocycles. The molecular weight excluding hydrogens is 446 g/mol. The van der Waals surface area contributed by atoms with Crippen molar-refractivity contribution < 1.29 is 33.0 Å². The van der Waals surface area contributed by atoms with Crippen molar-refractivity contribution in [3.8, 4) is 11.1 Å². The van der Waals surface area contributed by atoms with Gasteiger partial charge in [-0.05, 0) is 28.2 Å². The molecule has 0 spiro atoms. The molecule has 0 radical (unpaired) electrons. The minimum absolute atomic E-state index is 0.0584. The van der Waals surface area contributed by atoms with Gasteiger partial charge in [0.1, 0.15) is 18.7 Å². The summed E-state index contributed by atoms with van der Waals surface area (Å²) in [7, 11) is 0. The van der Waals surface area contributed by atoms with Crippen LogP contribution in [0.15, 0.2) is 48.5 Å². The first-order chi connectivity index (χ1) is 16.2. The topological polar surface area (TPSA) is 105 Å². The second-order valence-corrected chi connectivity index (χ2v) is 8.38. The highest BCUT2D eigenvalue weighted by atomic mass is 19.3. The Kier molecular flexibility index (Phi) is 8.20. The fourth-order valence-electron chi connectivity index (χ4n) is 4.11. The number of benzene rings is 2. The molecule has 182 valence electrons. The van der Waals surface area contributed by atoms with Crippen molar-refractivity contribution in [1.29, 1.82) is 0 Å². The lowest BCUT2D eigenvalue weighted by molar-refractivity contribution is -0.143. The van der Waals surface area contributed by atoms with Crippen LogP contribution < -0.4 is 10.6 Å². The number of carbonyl (C=O) groups is 3. The van der Waals surface area contributed by atoms with E-state index in [-0.39, 0.29) is 18.4 Å². The van der Waals surface area contributed by atoms with Gasteiger partial charge in [0, 0.05) is 5.92 Å². The Bertz CT molecular complexity index is 1000. The number of alkyl carbamates (subject to hydrolysis) is 1. The van der Waals surface area contributed by atoms with Crippen LogP contribution in [0, 0.1) is 5.92 Å². The van der Waals surface area contributed by atoms with Gasteiger partial charge in [0.05, 0.1) is 6.42 Å².